The van der Waals surface area contributed by atoms with Gasteiger partial charge in [-0.25, -0.2) is 0 Å². The monoisotopic (exact) mass is 260 g/mol. The van der Waals surface area contributed by atoms with E-state index in [4.69, 9.17) is 4.74 Å². The van der Waals surface area contributed by atoms with E-state index in [0.29, 0.717) is 0 Å². The van der Waals surface area contributed by atoms with Gasteiger partial charge < -0.3 is 4.74 Å². The minimum atomic E-state index is -0.117. The number of methoxy groups -OCH3 is 1. The summed E-state index contributed by atoms with van der Waals surface area (Å²) in [5.41, 5.74) is 2.84. The summed E-state index contributed by atoms with van der Waals surface area (Å²) in [6.07, 6.45) is 2.03. The van der Waals surface area contributed by atoms with E-state index in [1.807, 2.05) is 19.1 Å². The molecule has 0 unspecified atom stereocenters. The maximum atomic E-state index is 12.6. The fourth-order valence-electron chi connectivity index (χ4n) is 2.42. The zero-order chi connectivity index (χ0) is 14.4. The third-order valence-corrected chi connectivity index (χ3v) is 4.15. The van der Waals surface area contributed by atoms with Gasteiger partial charge in [0.25, 0.3) is 0 Å². The van der Waals surface area contributed by atoms with E-state index in [1.54, 1.807) is 7.11 Å². The molecule has 2 rings (SSSR count). The van der Waals surface area contributed by atoms with Crippen molar-refractivity contribution in [2.45, 2.75) is 52.9 Å². The van der Waals surface area contributed by atoms with Crippen molar-refractivity contribution < 1.29 is 9.53 Å². The van der Waals surface area contributed by atoms with Gasteiger partial charge in [-0.05, 0) is 42.9 Å². The highest BCUT2D eigenvalue weighted by atomic mass is 16.5. The Labute approximate surface area is 116 Å². The van der Waals surface area contributed by atoms with Crippen molar-refractivity contribution in [1.29, 1.82) is 0 Å². The van der Waals surface area contributed by atoms with Crippen molar-refractivity contribution in [3.8, 4) is 5.75 Å². The Morgan fingerprint density at radius 1 is 1.26 bits per heavy atom. The molecule has 104 valence electrons. The first-order chi connectivity index (χ1) is 8.69. The smallest absolute Gasteiger partial charge is 0.169 e. The summed E-state index contributed by atoms with van der Waals surface area (Å²) in [4.78, 5) is 12.6. The number of carbonyl (C=O) groups is 1. The van der Waals surface area contributed by atoms with Crippen LogP contribution in [0.3, 0.4) is 0 Å². The van der Waals surface area contributed by atoms with E-state index in [1.165, 1.54) is 0 Å². The second-order valence-electron chi connectivity index (χ2n) is 7.01. The van der Waals surface area contributed by atoms with Crippen molar-refractivity contribution >= 4 is 5.78 Å². The van der Waals surface area contributed by atoms with E-state index < -0.39 is 0 Å². The number of rotatable bonds is 3. The molecule has 0 aromatic heterocycles. The lowest BCUT2D eigenvalue weighted by molar-refractivity contribution is 0.0911. The molecule has 2 nitrogen and oxygen atoms in total. The molecule has 0 amide bonds. The van der Waals surface area contributed by atoms with Gasteiger partial charge in [-0.3, -0.25) is 4.79 Å². The Morgan fingerprint density at radius 3 is 2.26 bits per heavy atom. The van der Waals surface area contributed by atoms with Gasteiger partial charge in [-0.1, -0.05) is 27.7 Å². The summed E-state index contributed by atoms with van der Waals surface area (Å²) in [6, 6.07) is 4.04. The molecule has 0 saturated heterocycles. The average molecular weight is 260 g/mol. The van der Waals surface area contributed by atoms with Crippen LogP contribution in [0.2, 0.25) is 0 Å². The fraction of sp³-hybridized carbons (Fsp3) is 0.588. The molecule has 1 fully saturated rings. The number of hydrogen-bond acceptors (Lipinski definition) is 2. The van der Waals surface area contributed by atoms with Crippen molar-refractivity contribution in [3.05, 3.63) is 28.8 Å². The minimum absolute atomic E-state index is 0.0292. The van der Waals surface area contributed by atoms with Crippen molar-refractivity contribution in [3.63, 3.8) is 0 Å². The largest absolute Gasteiger partial charge is 0.496 e. The molecule has 1 aromatic carbocycles. The third kappa shape index (κ3) is 2.54. The SMILES string of the molecule is COc1cc(C)c(C(=O)C2(C)CC2)cc1C(C)(C)C. The van der Waals surface area contributed by atoms with Gasteiger partial charge in [-0.15, -0.1) is 0 Å². The summed E-state index contributed by atoms with van der Waals surface area (Å²) >= 11 is 0. The molecular formula is C17H24O2. The maximum absolute atomic E-state index is 12.6. The third-order valence-electron chi connectivity index (χ3n) is 4.15. The molecule has 0 heterocycles. The van der Waals surface area contributed by atoms with Crippen LogP contribution in [0.1, 0.15) is 62.0 Å². The molecule has 1 saturated carbocycles. The number of benzene rings is 1. The van der Waals surface area contributed by atoms with Gasteiger partial charge in [0, 0.05) is 16.5 Å². The first kappa shape index (κ1) is 14.1. The molecule has 0 radical (unpaired) electrons. The molecule has 2 heteroatoms. The minimum Gasteiger partial charge on any atom is -0.496 e. The number of aryl methyl sites for hydroxylation is 1. The zero-order valence-corrected chi connectivity index (χ0v) is 12.9. The molecule has 0 spiro atoms. The summed E-state index contributed by atoms with van der Waals surface area (Å²) in [5.74, 6) is 1.17. The van der Waals surface area contributed by atoms with Gasteiger partial charge in [0.05, 0.1) is 7.11 Å². The molecule has 0 N–H and O–H groups in total. The lowest BCUT2D eigenvalue weighted by Gasteiger charge is -2.24. The topological polar surface area (TPSA) is 26.3 Å². The standard InChI is InChI=1S/C17H24O2/c1-11-9-14(19-6)13(16(2,3)4)10-12(11)15(18)17(5)7-8-17/h9-10H,7-8H2,1-6H3. The second kappa shape index (κ2) is 4.36. The Kier molecular flexibility index (Phi) is 3.24. The van der Waals surface area contributed by atoms with Crippen molar-refractivity contribution in [2.24, 2.45) is 5.41 Å². The number of hydrogen-bond donors (Lipinski definition) is 0. The molecule has 0 bridgehead atoms. The first-order valence-corrected chi connectivity index (χ1v) is 6.93. The van der Waals surface area contributed by atoms with Crippen LogP contribution in [0.25, 0.3) is 0 Å². The van der Waals surface area contributed by atoms with Gasteiger partial charge in [0.15, 0.2) is 5.78 Å². The van der Waals surface area contributed by atoms with E-state index in [0.717, 1.165) is 35.3 Å². The quantitative estimate of drug-likeness (QED) is 0.758. The van der Waals surface area contributed by atoms with Crippen LogP contribution in [0.15, 0.2) is 12.1 Å². The van der Waals surface area contributed by atoms with Gasteiger partial charge >= 0.3 is 0 Å². The molecule has 0 atom stereocenters. The fourth-order valence-corrected chi connectivity index (χ4v) is 2.42. The van der Waals surface area contributed by atoms with E-state index in [2.05, 4.69) is 27.7 Å². The number of ether oxygens (including phenoxy) is 1. The molecule has 19 heavy (non-hydrogen) atoms. The van der Waals surface area contributed by atoms with E-state index in [9.17, 15) is 4.79 Å². The van der Waals surface area contributed by atoms with Crippen molar-refractivity contribution in [2.75, 3.05) is 7.11 Å². The van der Waals surface area contributed by atoms with Crippen LogP contribution in [-0.2, 0) is 5.41 Å². The molecule has 1 aliphatic carbocycles. The molecule has 0 aliphatic heterocycles. The predicted octanol–water partition coefficient (Wildman–Crippen LogP) is 4.28. The molecule has 1 aliphatic rings. The van der Waals surface area contributed by atoms with Crippen LogP contribution in [0.5, 0.6) is 5.75 Å². The highest BCUT2D eigenvalue weighted by Crippen LogP contribution is 2.48. The number of ketones is 1. The van der Waals surface area contributed by atoms with E-state index in [-0.39, 0.29) is 16.6 Å². The predicted molar refractivity (Wildman–Crippen MR) is 78.1 cm³/mol. The Balaban J connectivity index is 2.54. The Hall–Kier alpha value is -1.31. The van der Waals surface area contributed by atoms with Crippen molar-refractivity contribution in [1.82, 2.24) is 0 Å². The van der Waals surface area contributed by atoms with Crippen LogP contribution >= 0.6 is 0 Å². The highest BCUT2D eigenvalue weighted by Gasteiger charge is 2.45. The lowest BCUT2D eigenvalue weighted by Crippen LogP contribution is -2.18. The molecular weight excluding hydrogens is 236 g/mol. The second-order valence-corrected chi connectivity index (χ2v) is 7.01. The van der Waals surface area contributed by atoms with Crippen LogP contribution < -0.4 is 4.74 Å². The summed E-state index contributed by atoms with van der Waals surface area (Å²) in [6.45, 7) is 10.5. The average Bonchev–Trinajstić information content (AvgIpc) is 3.05. The zero-order valence-electron chi connectivity index (χ0n) is 12.9. The number of Topliss-reactive ketones (excluding diaryl/α,β-unsaturated/α-hetero) is 1. The van der Waals surface area contributed by atoms with Gasteiger partial charge in [0.2, 0.25) is 0 Å². The summed E-state index contributed by atoms with van der Waals surface area (Å²) in [5, 5.41) is 0. The normalized spacial score (nSPS) is 17.2. The van der Waals surface area contributed by atoms with Crippen LogP contribution in [-0.4, -0.2) is 12.9 Å². The summed E-state index contributed by atoms with van der Waals surface area (Å²) < 4.78 is 5.48. The first-order valence-electron chi connectivity index (χ1n) is 6.93. The Morgan fingerprint density at radius 2 is 1.84 bits per heavy atom. The lowest BCUT2D eigenvalue weighted by atomic mass is 9.82. The van der Waals surface area contributed by atoms with Gasteiger partial charge in [0.1, 0.15) is 5.75 Å². The maximum Gasteiger partial charge on any atom is 0.169 e. The summed E-state index contributed by atoms with van der Waals surface area (Å²) in [7, 11) is 1.69. The van der Waals surface area contributed by atoms with Crippen LogP contribution in [0, 0.1) is 12.3 Å². The van der Waals surface area contributed by atoms with E-state index >= 15 is 0 Å². The molecule has 1 aromatic rings. The highest BCUT2D eigenvalue weighted by molar-refractivity contribution is 6.03. The van der Waals surface area contributed by atoms with Crippen LogP contribution in [0.4, 0.5) is 0 Å². The Bertz CT molecular complexity index is 517. The number of carbonyl (C=O) groups excluding carboxylic acids is 1. The van der Waals surface area contributed by atoms with Gasteiger partial charge in [-0.2, -0.15) is 0 Å².